The van der Waals surface area contributed by atoms with Gasteiger partial charge in [0.1, 0.15) is 34.4 Å². The molecule has 0 atom stereocenters. The summed E-state index contributed by atoms with van der Waals surface area (Å²) in [6, 6.07) is 5.91. The van der Waals surface area contributed by atoms with Gasteiger partial charge in [-0.2, -0.15) is 0 Å². The first-order valence-corrected chi connectivity index (χ1v) is 12.7. The SMILES string of the molecule is CCc1c(F)ccc2cc(O)cc(-c3ncc4c(N5CCC(OC)(OC)C5)nc(C(C)(C)C)nc4c3F)c12. The average molecular weight is 523 g/mol. The fourth-order valence-electron chi connectivity index (χ4n) is 5.19. The topological polar surface area (TPSA) is 80.6 Å². The van der Waals surface area contributed by atoms with E-state index >= 15 is 4.39 Å². The number of fused-ring (bicyclic) bond motifs is 2. The predicted molar refractivity (Wildman–Crippen MR) is 144 cm³/mol. The summed E-state index contributed by atoms with van der Waals surface area (Å²) in [4.78, 5) is 16.0. The van der Waals surface area contributed by atoms with Gasteiger partial charge >= 0.3 is 0 Å². The van der Waals surface area contributed by atoms with E-state index in [0.717, 1.165) is 0 Å². The number of pyridine rings is 1. The van der Waals surface area contributed by atoms with Gasteiger partial charge in [0.25, 0.3) is 0 Å². The molecule has 1 fully saturated rings. The molecule has 4 aromatic rings. The Balaban J connectivity index is 1.78. The van der Waals surface area contributed by atoms with Crippen molar-refractivity contribution in [3.8, 4) is 17.0 Å². The van der Waals surface area contributed by atoms with Crippen LogP contribution in [0.3, 0.4) is 0 Å². The molecule has 0 aliphatic carbocycles. The lowest BCUT2D eigenvalue weighted by Gasteiger charge is -2.27. The summed E-state index contributed by atoms with van der Waals surface area (Å²) in [5, 5.41) is 12.0. The van der Waals surface area contributed by atoms with Crippen LogP contribution in [0.15, 0.2) is 30.5 Å². The maximum Gasteiger partial charge on any atom is 0.186 e. The van der Waals surface area contributed by atoms with Gasteiger partial charge in [0.15, 0.2) is 11.6 Å². The van der Waals surface area contributed by atoms with Crippen molar-refractivity contribution in [3.63, 3.8) is 0 Å². The van der Waals surface area contributed by atoms with Crippen LogP contribution in [0.1, 0.15) is 45.5 Å². The molecule has 7 nitrogen and oxygen atoms in total. The van der Waals surface area contributed by atoms with Crippen LogP contribution >= 0.6 is 0 Å². The van der Waals surface area contributed by atoms with Crippen molar-refractivity contribution < 1.29 is 23.4 Å². The number of nitrogens with zero attached hydrogens (tertiary/aromatic N) is 4. The molecular weight excluding hydrogens is 490 g/mol. The number of benzene rings is 2. The molecule has 1 aliphatic rings. The maximum absolute atomic E-state index is 16.5. The van der Waals surface area contributed by atoms with Crippen molar-refractivity contribution in [2.75, 3.05) is 32.2 Å². The number of hydrogen-bond donors (Lipinski definition) is 1. The van der Waals surface area contributed by atoms with Gasteiger partial charge in [-0.3, -0.25) is 4.98 Å². The van der Waals surface area contributed by atoms with Crippen LogP contribution < -0.4 is 4.90 Å². The van der Waals surface area contributed by atoms with E-state index in [0.29, 0.717) is 64.9 Å². The lowest BCUT2D eigenvalue weighted by Crippen LogP contribution is -2.37. The molecule has 9 heteroatoms. The van der Waals surface area contributed by atoms with E-state index in [9.17, 15) is 9.50 Å². The fourth-order valence-corrected chi connectivity index (χ4v) is 5.19. The molecule has 2 aromatic carbocycles. The summed E-state index contributed by atoms with van der Waals surface area (Å²) in [5.41, 5.74) is 0.391. The minimum atomic E-state index is -0.786. The van der Waals surface area contributed by atoms with E-state index in [4.69, 9.17) is 14.5 Å². The van der Waals surface area contributed by atoms with Gasteiger partial charge in [-0.25, -0.2) is 18.7 Å². The zero-order chi connectivity index (χ0) is 27.4. The molecule has 1 N–H and O–H groups in total. The molecule has 3 heterocycles. The molecule has 0 saturated carbocycles. The third-order valence-corrected chi connectivity index (χ3v) is 7.33. The van der Waals surface area contributed by atoms with E-state index < -0.39 is 17.0 Å². The molecule has 0 amide bonds. The Bertz CT molecular complexity index is 1550. The standard InChI is InChI=1S/C29H32F2N4O3/c1-7-18-21(30)9-8-16-12-17(36)13-19(22(16)18)24-23(31)25-20(14-32-24)26(34-27(33-25)28(2,3)4)35-11-10-29(15-35,37-5)38-6/h8-9,12-14,36H,7,10-11,15H2,1-6H3. The minimum absolute atomic E-state index is 0.00670. The third kappa shape index (κ3) is 4.23. The molecular formula is C29H32F2N4O3. The van der Waals surface area contributed by atoms with E-state index in [2.05, 4.69) is 9.97 Å². The van der Waals surface area contributed by atoms with Crippen LogP contribution in [0, 0.1) is 11.6 Å². The third-order valence-electron chi connectivity index (χ3n) is 7.33. The summed E-state index contributed by atoms with van der Waals surface area (Å²) < 4.78 is 42.5. The van der Waals surface area contributed by atoms with Crippen LogP contribution in [0.4, 0.5) is 14.6 Å². The molecule has 200 valence electrons. The summed E-state index contributed by atoms with van der Waals surface area (Å²) in [7, 11) is 3.21. The zero-order valence-corrected chi connectivity index (χ0v) is 22.5. The van der Waals surface area contributed by atoms with Gasteiger partial charge in [0, 0.05) is 44.4 Å². The normalized spacial score (nSPS) is 15.6. The number of aromatic hydroxyl groups is 1. The first-order chi connectivity index (χ1) is 18.0. The number of ether oxygens (including phenoxy) is 2. The first kappa shape index (κ1) is 26.2. The van der Waals surface area contributed by atoms with Gasteiger partial charge < -0.3 is 19.5 Å². The Morgan fingerprint density at radius 1 is 1.11 bits per heavy atom. The summed E-state index contributed by atoms with van der Waals surface area (Å²) in [5.74, 6) is -0.861. The van der Waals surface area contributed by atoms with Crippen LogP contribution in [0.5, 0.6) is 5.75 Å². The average Bonchev–Trinajstić information content (AvgIpc) is 3.33. The Labute approximate surface area is 220 Å². The van der Waals surface area contributed by atoms with E-state index in [-0.39, 0.29) is 22.8 Å². The zero-order valence-electron chi connectivity index (χ0n) is 22.5. The number of methoxy groups -OCH3 is 2. The maximum atomic E-state index is 16.5. The monoisotopic (exact) mass is 522 g/mol. The van der Waals surface area contributed by atoms with E-state index in [1.165, 1.54) is 12.1 Å². The van der Waals surface area contributed by atoms with Crippen molar-refractivity contribution in [1.82, 2.24) is 15.0 Å². The molecule has 0 unspecified atom stereocenters. The highest BCUT2D eigenvalue weighted by Crippen LogP contribution is 2.40. The van der Waals surface area contributed by atoms with Crippen LogP contribution in [0.2, 0.25) is 0 Å². The molecule has 0 bridgehead atoms. The summed E-state index contributed by atoms with van der Waals surface area (Å²) in [6.07, 6.45) is 2.56. The van der Waals surface area contributed by atoms with Crippen molar-refractivity contribution >= 4 is 27.5 Å². The van der Waals surface area contributed by atoms with Gasteiger partial charge in [0.2, 0.25) is 0 Å². The molecule has 1 aliphatic heterocycles. The highest BCUT2D eigenvalue weighted by molar-refractivity contribution is 6.01. The number of anilines is 1. The predicted octanol–water partition coefficient (Wildman–Crippen LogP) is 5.89. The Morgan fingerprint density at radius 3 is 2.47 bits per heavy atom. The Morgan fingerprint density at radius 2 is 1.84 bits per heavy atom. The summed E-state index contributed by atoms with van der Waals surface area (Å²) in [6.45, 7) is 8.75. The smallest absolute Gasteiger partial charge is 0.186 e. The van der Waals surface area contributed by atoms with Gasteiger partial charge in [0.05, 0.1) is 11.9 Å². The lowest BCUT2D eigenvalue weighted by atomic mass is 9.94. The summed E-state index contributed by atoms with van der Waals surface area (Å²) >= 11 is 0. The van der Waals surface area contributed by atoms with Crippen molar-refractivity contribution in [2.24, 2.45) is 0 Å². The number of phenolic OH excluding ortho intramolecular Hbond substituents is 1. The molecule has 5 rings (SSSR count). The van der Waals surface area contributed by atoms with Crippen LogP contribution in [-0.2, 0) is 21.3 Å². The van der Waals surface area contributed by atoms with Crippen molar-refractivity contribution in [1.29, 1.82) is 0 Å². The van der Waals surface area contributed by atoms with Crippen LogP contribution in [0.25, 0.3) is 32.9 Å². The second-order valence-corrected chi connectivity index (χ2v) is 10.8. The highest BCUT2D eigenvalue weighted by Gasteiger charge is 2.40. The second kappa shape index (κ2) is 9.39. The quantitative estimate of drug-likeness (QED) is 0.328. The number of aromatic nitrogens is 3. The van der Waals surface area contributed by atoms with Gasteiger partial charge in [-0.05, 0) is 41.0 Å². The Hall–Kier alpha value is -3.43. The first-order valence-electron chi connectivity index (χ1n) is 12.7. The highest BCUT2D eigenvalue weighted by atomic mass is 19.1. The van der Waals surface area contributed by atoms with Gasteiger partial charge in [-0.15, -0.1) is 0 Å². The number of phenols is 1. The van der Waals surface area contributed by atoms with Crippen molar-refractivity contribution in [3.05, 3.63) is 53.5 Å². The lowest BCUT2D eigenvalue weighted by molar-refractivity contribution is -0.189. The number of hydrogen-bond acceptors (Lipinski definition) is 7. The van der Waals surface area contributed by atoms with Gasteiger partial charge in [-0.1, -0.05) is 33.8 Å². The van der Waals surface area contributed by atoms with E-state index in [1.807, 2.05) is 32.6 Å². The Kier molecular flexibility index (Phi) is 6.47. The van der Waals surface area contributed by atoms with Crippen LogP contribution in [-0.4, -0.2) is 53.2 Å². The fraction of sp³-hybridized carbons (Fsp3) is 0.414. The molecule has 38 heavy (non-hydrogen) atoms. The number of halogens is 2. The number of aryl methyl sites for hydroxylation is 1. The van der Waals surface area contributed by atoms with Crippen molar-refractivity contribution in [2.45, 2.75) is 51.7 Å². The molecule has 1 saturated heterocycles. The molecule has 0 radical (unpaired) electrons. The van der Waals surface area contributed by atoms with E-state index in [1.54, 1.807) is 32.5 Å². The molecule has 0 spiro atoms. The largest absolute Gasteiger partial charge is 0.508 e. The second-order valence-electron chi connectivity index (χ2n) is 10.8. The molecule has 2 aromatic heterocycles. The minimum Gasteiger partial charge on any atom is -0.508 e. The number of rotatable bonds is 5.